The van der Waals surface area contributed by atoms with Crippen LogP contribution in [0.15, 0.2) is 17.1 Å². The van der Waals surface area contributed by atoms with Crippen molar-refractivity contribution < 1.29 is 0 Å². The molecule has 3 aliphatic rings. The Balaban J connectivity index is 1.66. The summed E-state index contributed by atoms with van der Waals surface area (Å²) < 4.78 is 6.91. The summed E-state index contributed by atoms with van der Waals surface area (Å²) in [6.45, 7) is 10.2. The third kappa shape index (κ3) is 3.52. The molecule has 1 aliphatic heterocycles. The molecule has 2 bridgehead atoms. The Kier molecular flexibility index (Phi) is 5.48. The molecular weight excluding hydrogens is 369 g/mol. The van der Waals surface area contributed by atoms with Gasteiger partial charge in [-0.25, -0.2) is 8.57 Å². The minimum absolute atomic E-state index is 0.248. The molecule has 2 saturated carbocycles. The Hall–Kier alpha value is -0.410. The van der Waals surface area contributed by atoms with Gasteiger partial charge in [0.15, 0.2) is 0 Å². The van der Waals surface area contributed by atoms with Crippen molar-refractivity contribution in [3.05, 3.63) is 28.8 Å². The molecule has 4 unspecified atom stereocenters. The van der Waals surface area contributed by atoms with Crippen molar-refractivity contribution in [2.24, 2.45) is 16.8 Å². The predicted octanol–water partition coefficient (Wildman–Crippen LogP) is 6.39. The molecule has 0 radical (unpaired) electrons. The molecule has 1 N–H and O–H groups in total. The standard InChI is InChI=1S/C22H36N3PS/c1-7-8-11-25-26(24-27(25,5)6)22-19-10-9-18(14-19)21(22)23-20-16(3)12-15(2)13-17(20)4/h12-13,18-19,22,24H,7-11,14H2,1-6H3. The third-order valence-corrected chi connectivity index (χ3v) is 14.0. The Labute approximate surface area is 168 Å². The summed E-state index contributed by atoms with van der Waals surface area (Å²) in [6, 6.07) is 4.59. The molecule has 0 amide bonds. The van der Waals surface area contributed by atoms with E-state index in [1.165, 1.54) is 66.7 Å². The first-order chi connectivity index (χ1) is 12.8. The van der Waals surface area contributed by atoms with Crippen LogP contribution in [0.2, 0.25) is 0 Å². The highest BCUT2D eigenvalue weighted by Gasteiger charge is 2.55. The van der Waals surface area contributed by atoms with E-state index in [0.29, 0.717) is 5.66 Å². The van der Waals surface area contributed by atoms with Crippen LogP contribution in [0.25, 0.3) is 0 Å². The lowest BCUT2D eigenvalue weighted by Crippen LogP contribution is -2.49. The monoisotopic (exact) mass is 405 g/mol. The lowest BCUT2D eigenvalue weighted by molar-refractivity contribution is 0.560. The molecule has 0 spiro atoms. The van der Waals surface area contributed by atoms with Gasteiger partial charge in [0.25, 0.3) is 0 Å². The Morgan fingerprint density at radius 1 is 1.19 bits per heavy atom. The van der Waals surface area contributed by atoms with E-state index in [1.807, 2.05) is 0 Å². The second kappa shape index (κ2) is 7.44. The smallest absolute Gasteiger partial charge is 0.0687 e. The number of benzene rings is 1. The van der Waals surface area contributed by atoms with Gasteiger partial charge < -0.3 is 0 Å². The fourth-order valence-corrected chi connectivity index (χ4v) is 12.6. The topological polar surface area (TPSA) is 27.6 Å². The molecule has 1 saturated heterocycles. The molecule has 0 aromatic heterocycles. The molecule has 1 heterocycles. The number of rotatable bonds is 5. The molecule has 150 valence electrons. The van der Waals surface area contributed by atoms with E-state index >= 15 is 0 Å². The minimum atomic E-state index is -0.759. The maximum Gasteiger partial charge on any atom is 0.0687 e. The van der Waals surface area contributed by atoms with Crippen molar-refractivity contribution in [3.8, 4) is 0 Å². The molecule has 3 nitrogen and oxygen atoms in total. The van der Waals surface area contributed by atoms with Crippen LogP contribution < -0.4 is 4.49 Å². The van der Waals surface area contributed by atoms with Gasteiger partial charge in [0.05, 0.1) is 13.9 Å². The van der Waals surface area contributed by atoms with Gasteiger partial charge in [-0.15, -0.1) is 10.4 Å². The van der Waals surface area contributed by atoms with E-state index in [9.17, 15) is 0 Å². The second-order valence-corrected chi connectivity index (χ2v) is 14.9. The quantitative estimate of drug-likeness (QED) is 0.574. The van der Waals surface area contributed by atoms with Crippen LogP contribution in [0, 0.1) is 32.6 Å². The van der Waals surface area contributed by atoms with Crippen molar-refractivity contribution in [2.45, 2.75) is 65.5 Å². The van der Waals surface area contributed by atoms with Gasteiger partial charge in [0.2, 0.25) is 0 Å². The van der Waals surface area contributed by atoms with Crippen molar-refractivity contribution in [1.82, 2.24) is 8.57 Å². The van der Waals surface area contributed by atoms with Gasteiger partial charge in [0.1, 0.15) is 0 Å². The molecule has 4 rings (SSSR count). The van der Waals surface area contributed by atoms with Gasteiger partial charge in [-0.3, -0.25) is 4.99 Å². The summed E-state index contributed by atoms with van der Waals surface area (Å²) in [7, 11) is -1.01. The normalized spacial score (nSPS) is 34.8. The van der Waals surface area contributed by atoms with Crippen molar-refractivity contribution in [1.29, 1.82) is 0 Å². The van der Waals surface area contributed by atoms with Gasteiger partial charge in [0, 0.05) is 17.9 Å². The highest BCUT2D eigenvalue weighted by molar-refractivity contribution is 8.38. The van der Waals surface area contributed by atoms with E-state index in [4.69, 9.17) is 4.99 Å². The molecule has 27 heavy (non-hydrogen) atoms. The van der Waals surface area contributed by atoms with Gasteiger partial charge in [-0.2, -0.15) is 0 Å². The van der Waals surface area contributed by atoms with Crippen molar-refractivity contribution in [2.75, 3.05) is 19.1 Å². The first-order valence-corrected chi connectivity index (χ1v) is 14.3. The van der Waals surface area contributed by atoms with Gasteiger partial charge in [-0.05, 0) is 81.9 Å². The number of nitrogens with zero attached hydrogens (tertiary/aromatic N) is 2. The van der Waals surface area contributed by atoms with Crippen LogP contribution in [0.4, 0.5) is 5.69 Å². The lowest BCUT2D eigenvalue weighted by Gasteiger charge is -2.61. The van der Waals surface area contributed by atoms with Crippen LogP contribution in [-0.4, -0.2) is 34.5 Å². The summed E-state index contributed by atoms with van der Waals surface area (Å²) >= 11 is 0. The predicted molar refractivity (Wildman–Crippen MR) is 123 cm³/mol. The van der Waals surface area contributed by atoms with E-state index in [-0.39, 0.29) is 8.22 Å². The van der Waals surface area contributed by atoms with E-state index in [1.54, 1.807) is 0 Å². The zero-order valence-electron chi connectivity index (χ0n) is 17.9. The zero-order valence-corrected chi connectivity index (χ0v) is 19.6. The van der Waals surface area contributed by atoms with Crippen LogP contribution in [0.1, 0.15) is 55.7 Å². The van der Waals surface area contributed by atoms with E-state index in [2.05, 4.69) is 60.9 Å². The number of hydrogen-bond acceptors (Lipinski definition) is 3. The largest absolute Gasteiger partial charge is 0.256 e. The number of unbranched alkanes of at least 4 members (excludes halogenated alkanes) is 1. The van der Waals surface area contributed by atoms with E-state index in [0.717, 1.165) is 11.8 Å². The van der Waals surface area contributed by atoms with Gasteiger partial charge in [-0.1, -0.05) is 31.0 Å². The summed E-state index contributed by atoms with van der Waals surface area (Å²) in [6.07, 6.45) is 11.6. The lowest BCUT2D eigenvalue weighted by atomic mass is 9.97. The van der Waals surface area contributed by atoms with Crippen LogP contribution in [-0.2, 0) is 0 Å². The van der Waals surface area contributed by atoms with E-state index < -0.39 is 10.4 Å². The number of fused-ring (bicyclic) bond motifs is 2. The molecule has 2 aliphatic carbocycles. The molecule has 3 fully saturated rings. The molecule has 5 heteroatoms. The Bertz CT molecular complexity index is 737. The van der Waals surface area contributed by atoms with Gasteiger partial charge >= 0.3 is 0 Å². The molecule has 4 atom stereocenters. The highest BCUT2D eigenvalue weighted by Crippen LogP contribution is 2.74. The maximum absolute atomic E-state index is 5.40. The fraction of sp³-hybridized carbons (Fsp3) is 0.682. The maximum atomic E-state index is 5.40. The average molecular weight is 406 g/mol. The number of aryl methyl sites for hydroxylation is 3. The molecular formula is C22H36N3PS. The molecule has 1 aromatic carbocycles. The van der Waals surface area contributed by atoms with Crippen LogP contribution in [0.5, 0.6) is 0 Å². The summed E-state index contributed by atoms with van der Waals surface area (Å²) in [5, 5.41) is 0. The second-order valence-electron chi connectivity index (χ2n) is 9.14. The highest BCUT2D eigenvalue weighted by atomic mass is 32.3. The summed E-state index contributed by atoms with van der Waals surface area (Å²) in [5.41, 5.74) is 7.48. The van der Waals surface area contributed by atoms with Crippen LogP contribution in [0.3, 0.4) is 0 Å². The third-order valence-electron chi connectivity index (χ3n) is 6.57. The minimum Gasteiger partial charge on any atom is -0.256 e. The van der Waals surface area contributed by atoms with Crippen LogP contribution >= 0.6 is 18.6 Å². The summed E-state index contributed by atoms with van der Waals surface area (Å²) in [4.78, 5) is 5.40. The first kappa shape index (κ1) is 19.9. The summed E-state index contributed by atoms with van der Waals surface area (Å²) in [5.74, 6) is 1.59. The Morgan fingerprint density at radius 3 is 2.52 bits per heavy atom. The fourth-order valence-electron chi connectivity index (χ4n) is 5.35. The zero-order chi connectivity index (χ0) is 19.3. The van der Waals surface area contributed by atoms with Crippen molar-refractivity contribution in [3.63, 3.8) is 0 Å². The SMILES string of the molecule is CCCCN1P(C2C(=Nc3c(C)cc(C)cc3C)C3CCC2C3)NS1(C)C. The number of hydrogen-bond donors (Lipinski definition) is 1. The molecule has 1 aromatic rings. The number of aliphatic imine (C=N–C) groups is 1. The average Bonchev–Trinajstić information content (AvgIpc) is 3.17. The number of nitrogens with one attached hydrogen (secondary N) is 1. The van der Waals surface area contributed by atoms with Crippen molar-refractivity contribution >= 4 is 30.0 Å². The Morgan fingerprint density at radius 2 is 1.89 bits per heavy atom. The first-order valence-electron chi connectivity index (χ1n) is 10.6.